The Morgan fingerprint density at radius 3 is 2.40 bits per heavy atom. The molecule has 2 rings (SSSR count). The van der Waals surface area contributed by atoms with Gasteiger partial charge in [0.25, 0.3) is 0 Å². The van der Waals surface area contributed by atoms with Gasteiger partial charge in [0.15, 0.2) is 0 Å². The molecule has 1 N–H and O–H groups in total. The molecular weight excluding hydrogens is 246 g/mol. The van der Waals surface area contributed by atoms with E-state index in [-0.39, 0.29) is 0 Å². The predicted octanol–water partition coefficient (Wildman–Crippen LogP) is 3.45. The minimum Gasteiger partial charge on any atom is -0.356 e. The third-order valence-corrected chi connectivity index (χ3v) is 3.50. The van der Waals surface area contributed by atoms with E-state index in [1.54, 1.807) is 0 Å². The molecule has 1 fully saturated rings. The molecule has 0 spiro atoms. The fourth-order valence-corrected chi connectivity index (χ4v) is 2.52. The molecule has 3 nitrogen and oxygen atoms in total. The van der Waals surface area contributed by atoms with Gasteiger partial charge in [-0.15, -0.1) is 0 Å². The molecule has 1 heterocycles. The number of rotatable bonds is 8. The van der Waals surface area contributed by atoms with E-state index in [9.17, 15) is 0 Å². The molecule has 1 aromatic rings. The van der Waals surface area contributed by atoms with Crippen molar-refractivity contribution in [3.63, 3.8) is 0 Å². The molecule has 0 atom stereocenters. The lowest BCUT2D eigenvalue weighted by Gasteiger charge is -2.29. The van der Waals surface area contributed by atoms with Gasteiger partial charge in [-0.3, -0.25) is 0 Å². The van der Waals surface area contributed by atoms with Crippen LogP contribution in [0.2, 0.25) is 0 Å². The number of pyridine rings is 1. The molecule has 3 heteroatoms. The number of anilines is 1. The lowest BCUT2D eigenvalue weighted by molar-refractivity contribution is 0.545. The topological polar surface area (TPSA) is 28.2 Å². The molecule has 0 aromatic carbocycles. The van der Waals surface area contributed by atoms with Gasteiger partial charge in [-0.25, -0.2) is 4.98 Å². The highest BCUT2D eigenvalue weighted by atomic mass is 15.2. The van der Waals surface area contributed by atoms with Gasteiger partial charge in [0.05, 0.1) is 0 Å². The Bertz CT molecular complexity index is 400. The molecule has 0 aliphatic heterocycles. The van der Waals surface area contributed by atoms with Crippen molar-refractivity contribution in [3.8, 4) is 0 Å². The summed E-state index contributed by atoms with van der Waals surface area (Å²) in [7, 11) is 0. The van der Waals surface area contributed by atoms with Crippen LogP contribution in [0.1, 0.15) is 46.1 Å². The van der Waals surface area contributed by atoms with Crippen molar-refractivity contribution in [2.75, 3.05) is 18.0 Å². The zero-order valence-electron chi connectivity index (χ0n) is 13.4. The highest BCUT2D eigenvalue weighted by Gasteiger charge is 2.21. The van der Waals surface area contributed by atoms with Crippen molar-refractivity contribution < 1.29 is 0 Å². The average Bonchev–Trinajstić information content (AvgIpc) is 3.19. The van der Waals surface area contributed by atoms with Gasteiger partial charge in [0.1, 0.15) is 5.82 Å². The Hall–Kier alpha value is -1.09. The molecule has 0 unspecified atom stereocenters. The largest absolute Gasteiger partial charge is 0.356 e. The summed E-state index contributed by atoms with van der Waals surface area (Å²) < 4.78 is 0. The summed E-state index contributed by atoms with van der Waals surface area (Å²) in [5.74, 6) is 2.48. The monoisotopic (exact) mass is 275 g/mol. The Morgan fingerprint density at radius 2 is 1.85 bits per heavy atom. The smallest absolute Gasteiger partial charge is 0.133 e. The van der Waals surface area contributed by atoms with Crippen molar-refractivity contribution in [1.29, 1.82) is 0 Å². The van der Waals surface area contributed by atoms with Crippen molar-refractivity contribution >= 4 is 5.82 Å². The van der Waals surface area contributed by atoms with E-state index in [0.717, 1.165) is 25.7 Å². The fraction of sp³-hybridized carbons (Fsp3) is 0.706. The maximum absolute atomic E-state index is 4.67. The molecule has 0 bridgehead atoms. The maximum atomic E-state index is 4.67. The molecule has 1 aliphatic rings. The highest BCUT2D eigenvalue weighted by Crippen LogP contribution is 2.23. The lowest BCUT2D eigenvalue weighted by atomic mass is 10.1. The first-order chi connectivity index (χ1) is 9.56. The minimum atomic E-state index is 0.653. The van der Waals surface area contributed by atoms with Crippen LogP contribution < -0.4 is 10.2 Å². The second kappa shape index (κ2) is 7.07. The number of hydrogen-bond acceptors (Lipinski definition) is 3. The lowest BCUT2D eigenvalue weighted by Crippen LogP contribution is -2.33. The molecule has 1 aliphatic carbocycles. The summed E-state index contributed by atoms with van der Waals surface area (Å²) >= 11 is 0. The van der Waals surface area contributed by atoms with Crippen LogP contribution in [0.15, 0.2) is 18.3 Å². The van der Waals surface area contributed by atoms with Crippen molar-refractivity contribution in [1.82, 2.24) is 10.3 Å². The summed E-state index contributed by atoms with van der Waals surface area (Å²) in [6, 6.07) is 5.01. The second-order valence-corrected chi connectivity index (χ2v) is 6.83. The molecule has 20 heavy (non-hydrogen) atoms. The van der Waals surface area contributed by atoms with Gasteiger partial charge in [0, 0.05) is 37.4 Å². The molecular formula is C17H29N3. The van der Waals surface area contributed by atoms with E-state index in [4.69, 9.17) is 0 Å². The van der Waals surface area contributed by atoms with Gasteiger partial charge in [0.2, 0.25) is 0 Å². The van der Waals surface area contributed by atoms with Crippen LogP contribution in [0.3, 0.4) is 0 Å². The van der Waals surface area contributed by atoms with E-state index >= 15 is 0 Å². The SMILES string of the molecule is CC(C)CN(CC(C)C)c1ncccc1CNC1CC1. The van der Waals surface area contributed by atoms with E-state index in [0.29, 0.717) is 11.8 Å². The fourth-order valence-electron chi connectivity index (χ4n) is 2.52. The molecule has 112 valence electrons. The normalized spacial score (nSPS) is 15.1. The predicted molar refractivity (Wildman–Crippen MR) is 86.0 cm³/mol. The Kier molecular flexibility index (Phi) is 5.41. The standard InChI is InChI=1S/C17H29N3/c1-13(2)11-20(12-14(3)4)17-15(6-5-9-18-17)10-19-16-7-8-16/h5-6,9,13-14,16,19H,7-8,10-12H2,1-4H3. The first-order valence-corrected chi connectivity index (χ1v) is 7.98. The van der Waals surface area contributed by atoms with E-state index in [2.05, 4.69) is 55.0 Å². The number of aromatic nitrogens is 1. The van der Waals surface area contributed by atoms with Gasteiger partial charge in [-0.2, -0.15) is 0 Å². The Balaban J connectivity index is 2.11. The van der Waals surface area contributed by atoms with E-state index < -0.39 is 0 Å². The minimum absolute atomic E-state index is 0.653. The van der Waals surface area contributed by atoms with Gasteiger partial charge in [-0.05, 0) is 30.7 Å². The Labute approximate surface area is 123 Å². The summed E-state index contributed by atoms with van der Waals surface area (Å²) in [6.45, 7) is 12.2. The van der Waals surface area contributed by atoms with Gasteiger partial charge in [-0.1, -0.05) is 33.8 Å². The van der Waals surface area contributed by atoms with Crippen molar-refractivity contribution in [3.05, 3.63) is 23.9 Å². The molecule has 1 aromatic heterocycles. The first-order valence-electron chi connectivity index (χ1n) is 7.98. The summed E-state index contributed by atoms with van der Waals surface area (Å²) in [6.07, 6.45) is 4.58. The third kappa shape index (κ3) is 4.78. The second-order valence-electron chi connectivity index (χ2n) is 6.83. The van der Waals surface area contributed by atoms with Crippen LogP contribution in [-0.4, -0.2) is 24.1 Å². The summed E-state index contributed by atoms with van der Waals surface area (Å²) in [5, 5.41) is 3.61. The average molecular weight is 275 g/mol. The summed E-state index contributed by atoms with van der Waals surface area (Å²) in [4.78, 5) is 7.13. The molecule has 0 amide bonds. The van der Waals surface area contributed by atoms with Gasteiger partial charge < -0.3 is 10.2 Å². The number of hydrogen-bond donors (Lipinski definition) is 1. The highest BCUT2D eigenvalue weighted by molar-refractivity contribution is 5.46. The van der Waals surface area contributed by atoms with E-state index in [1.165, 1.54) is 24.2 Å². The van der Waals surface area contributed by atoms with E-state index in [1.807, 2.05) is 6.20 Å². The molecule has 0 saturated heterocycles. The van der Waals surface area contributed by atoms with Crippen LogP contribution in [0.4, 0.5) is 5.82 Å². The van der Waals surface area contributed by atoms with Crippen LogP contribution in [0.5, 0.6) is 0 Å². The van der Waals surface area contributed by atoms with Crippen LogP contribution in [0.25, 0.3) is 0 Å². The van der Waals surface area contributed by atoms with Crippen LogP contribution >= 0.6 is 0 Å². The molecule has 0 radical (unpaired) electrons. The number of nitrogens with zero attached hydrogens (tertiary/aromatic N) is 2. The van der Waals surface area contributed by atoms with Gasteiger partial charge >= 0.3 is 0 Å². The quantitative estimate of drug-likeness (QED) is 0.787. The maximum Gasteiger partial charge on any atom is 0.133 e. The van der Waals surface area contributed by atoms with Crippen molar-refractivity contribution in [2.45, 2.75) is 53.1 Å². The van der Waals surface area contributed by atoms with Crippen molar-refractivity contribution in [2.24, 2.45) is 11.8 Å². The zero-order valence-corrected chi connectivity index (χ0v) is 13.4. The third-order valence-electron chi connectivity index (χ3n) is 3.50. The Morgan fingerprint density at radius 1 is 1.20 bits per heavy atom. The van der Waals surface area contributed by atoms with Crippen LogP contribution in [0, 0.1) is 11.8 Å². The summed E-state index contributed by atoms with van der Waals surface area (Å²) in [5.41, 5.74) is 1.33. The number of nitrogens with one attached hydrogen (secondary N) is 1. The van der Waals surface area contributed by atoms with Crippen LogP contribution in [-0.2, 0) is 6.54 Å². The molecule has 1 saturated carbocycles. The first kappa shape index (κ1) is 15.3. The zero-order chi connectivity index (χ0) is 14.5.